The van der Waals surface area contributed by atoms with E-state index in [0.717, 1.165) is 49.1 Å². The van der Waals surface area contributed by atoms with Crippen LogP contribution in [0.2, 0.25) is 0 Å². The van der Waals surface area contributed by atoms with E-state index >= 15 is 0 Å². The quantitative estimate of drug-likeness (QED) is 0.642. The molecular weight excluding hydrogens is 414 g/mol. The highest BCUT2D eigenvalue weighted by Crippen LogP contribution is 2.34. The summed E-state index contributed by atoms with van der Waals surface area (Å²) in [6.07, 6.45) is 8.62. The molecule has 172 valence electrons. The number of nitrogens with zero attached hydrogens (tertiary/aromatic N) is 6. The number of aryl methyl sites for hydroxylation is 1. The topological polar surface area (TPSA) is 79.2 Å². The Bertz CT molecular complexity index is 1110. The van der Waals surface area contributed by atoms with E-state index in [1.54, 1.807) is 6.20 Å². The first-order valence-corrected chi connectivity index (χ1v) is 11.8. The number of hydrogen-bond acceptors (Lipinski definition) is 6. The number of carbonyl (C=O) groups excluding carboxylic acids is 1. The predicted octanol–water partition coefficient (Wildman–Crippen LogP) is 3.89. The van der Waals surface area contributed by atoms with Crippen LogP contribution in [0.25, 0.3) is 11.4 Å². The summed E-state index contributed by atoms with van der Waals surface area (Å²) in [4.78, 5) is 30.7. The van der Waals surface area contributed by atoms with E-state index in [-0.39, 0.29) is 5.91 Å². The number of likely N-dealkylation sites (N-methyl/N-ethyl adjacent to an activating group) is 1. The molecule has 1 aliphatic heterocycles. The number of hydrogen-bond donors (Lipinski definition) is 1. The molecular formula is C25H31N7O. The minimum absolute atomic E-state index is 0.0865. The highest BCUT2D eigenvalue weighted by Gasteiger charge is 2.23. The predicted molar refractivity (Wildman–Crippen MR) is 129 cm³/mol. The average molecular weight is 446 g/mol. The third-order valence-corrected chi connectivity index (χ3v) is 6.77. The summed E-state index contributed by atoms with van der Waals surface area (Å²) < 4.78 is 2.33. The van der Waals surface area contributed by atoms with Crippen molar-refractivity contribution in [2.24, 2.45) is 0 Å². The zero-order valence-corrected chi connectivity index (χ0v) is 19.4. The number of piperazine rings is 1. The maximum absolute atomic E-state index is 12.8. The van der Waals surface area contributed by atoms with Gasteiger partial charge in [-0.25, -0.2) is 15.0 Å². The van der Waals surface area contributed by atoms with Crippen LogP contribution in [0, 0.1) is 6.92 Å². The van der Waals surface area contributed by atoms with Crippen LogP contribution < -0.4 is 5.32 Å². The molecule has 1 saturated heterocycles. The van der Waals surface area contributed by atoms with Crippen molar-refractivity contribution >= 4 is 17.5 Å². The van der Waals surface area contributed by atoms with Crippen molar-refractivity contribution in [2.75, 3.05) is 38.5 Å². The first-order chi connectivity index (χ1) is 16.1. The van der Waals surface area contributed by atoms with Crippen molar-refractivity contribution in [3.8, 4) is 11.4 Å². The maximum atomic E-state index is 12.8. The minimum Gasteiger partial charge on any atom is -0.336 e. The molecule has 0 spiro atoms. The molecule has 8 nitrogen and oxygen atoms in total. The number of rotatable bonds is 5. The van der Waals surface area contributed by atoms with Gasteiger partial charge in [-0.1, -0.05) is 12.8 Å². The van der Waals surface area contributed by atoms with E-state index in [4.69, 9.17) is 4.98 Å². The fraction of sp³-hybridized carbons (Fsp3) is 0.440. The van der Waals surface area contributed by atoms with E-state index in [1.807, 2.05) is 41.4 Å². The highest BCUT2D eigenvalue weighted by molar-refractivity contribution is 5.94. The van der Waals surface area contributed by atoms with Crippen molar-refractivity contribution in [3.63, 3.8) is 0 Å². The number of amides is 1. The van der Waals surface area contributed by atoms with Gasteiger partial charge >= 0.3 is 0 Å². The van der Waals surface area contributed by atoms with Crippen LogP contribution in [0.3, 0.4) is 0 Å². The molecule has 0 bridgehead atoms. The normalized spacial score (nSPS) is 17.5. The first-order valence-electron chi connectivity index (χ1n) is 11.8. The second-order valence-electron chi connectivity index (χ2n) is 9.06. The second kappa shape index (κ2) is 9.31. The van der Waals surface area contributed by atoms with Gasteiger partial charge in [-0.3, -0.25) is 4.79 Å². The number of carbonyl (C=O) groups is 1. The van der Waals surface area contributed by atoms with Gasteiger partial charge in [0.25, 0.3) is 5.91 Å². The summed E-state index contributed by atoms with van der Waals surface area (Å²) in [7, 11) is 2.09. The van der Waals surface area contributed by atoms with Crippen LogP contribution in [-0.4, -0.2) is 68.5 Å². The molecule has 33 heavy (non-hydrogen) atoms. The van der Waals surface area contributed by atoms with Crippen LogP contribution >= 0.6 is 0 Å². The summed E-state index contributed by atoms with van der Waals surface area (Å²) in [5, 5.41) is 3.28. The maximum Gasteiger partial charge on any atom is 0.253 e. The van der Waals surface area contributed by atoms with Gasteiger partial charge in [0.15, 0.2) is 0 Å². The zero-order valence-electron chi connectivity index (χ0n) is 19.4. The van der Waals surface area contributed by atoms with Crippen molar-refractivity contribution in [2.45, 2.75) is 38.6 Å². The molecule has 3 aromatic rings. The number of aromatic nitrogens is 4. The molecule has 8 heteroatoms. The molecule has 2 fully saturated rings. The minimum atomic E-state index is 0.0865. The lowest BCUT2D eigenvalue weighted by Crippen LogP contribution is -2.47. The Morgan fingerprint density at radius 1 is 1.00 bits per heavy atom. The number of anilines is 2. The van der Waals surface area contributed by atoms with Crippen molar-refractivity contribution in [1.29, 1.82) is 0 Å². The highest BCUT2D eigenvalue weighted by atomic mass is 16.2. The van der Waals surface area contributed by atoms with Gasteiger partial charge in [0.2, 0.25) is 5.95 Å². The van der Waals surface area contributed by atoms with E-state index < -0.39 is 0 Å². The number of benzene rings is 1. The molecule has 3 heterocycles. The second-order valence-corrected chi connectivity index (χ2v) is 9.06. The molecule has 1 aliphatic carbocycles. The Kier molecular flexibility index (Phi) is 6.09. The van der Waals surface area contributed by atoms with Gasteiger partial charge in [-0.2, -0.15) is 0 Å². The fourth-order valence-corrected chi connectivity index (χ4v) is 4.85. The molecule has 1 N–H and O–H groups in total. The van der Waals surface area contributed by atoms with E-state index in [0.29, 0.717) is 17.6 Å². The molecule has 1 aromatic carbocycles. The molecule has 1 amide bonds. The molecule has 1 saturated carbocycles. The number of imidazole rings is 1. The Hall–Kier alpha value is -3.26. The average Bonchev–Trinajstić information content (AvgIpc) is 3.49. The van der Waals surface area contributed by atoms with Crippen LogP contribution in [-0.2, 0) is 0 Å². The summed E-state index contributed by atoms with van der Waals surface area (Å²) in [6.45, 7) is 5.43. The molecule has 0 unspecified atom stereocenters. The molecule has 5 rings (SSSR count). The van der Waals surface area contributed by atoms with Crippen molar-refractivity contribution in [3.05, 3.63) is 54.1 Å². The summed E-state index contributed by atoms with van der Waals surface area (Å²) in [5.41, 5.74) is 3.46. The van der Waals surface area contributed by atoms with Crippen molar-refractivity contribution in [1.82, 2.24) is 29.3 Å². The first kappa shape index (κ1) is 21.6. The smallest absolute Gasteiger partial charge is 0.253 e. The third-order valence-electron chi connectivity index (χ3n) is 6.77. The van der Waals surface area contributed by atoms with Crippen LogP contribution in [0.15, 0.2) is 42.7 Å². The Labute approximate surface area is 194 Å². The Morgan fingerprint density at radius 2 is 1.73 bits per heavy atom. The molecule has 2 aromatic heterocycles. The van der Waals surface area contributed by atoms with Gasteiger partial charge in [0.05, 0.1) is 17.6 Å². The van der Waals surface area contributed by atoms with E-state index in [2.05, 4.69) is 38.7 Å². The standard InChI is InChI=1S/C25H31N7O/c1-18-27-17-23(32(18)21-5-3-4-6-21)22-11-12-26-25(29-22)28-20-9-7-19(8-10-20)24(33)31-15-13-30(2)14-16-31/h7-12,17,21H,3-6,13-16H2,1-2H3,(H,26,28,29). The summed E-state index contributed by atoms with van der Waals surface area (Å²) in [5.74, 6) is 1.65. The van der Waals surface area contributed by atoms with E-state index in [1.165, 1.54) is 25.7 Å². The van der Waals surface area contributed by atoms with Crippen molar-refractivity contribution < 1.29 is 4.79 Å². The lowest BCUT2D eigenvalue weighted by atomic mass is 10.1. The monoisotopic (exact) mass is 445 g/mol. The van der Waals surface area contributed by atoms with Crippen LogP contribution in [0.5, 0.6) is 0 Å². The van der Waals surface area contributed by atoms with Gasteiger partial charge in [0, 0.05) is 49.7 Å². The fourth-order valence-electron chi connectivity index (χ4n) is 4.85. The SMILES string of the molecule is Cc1ncc(-c2ccnc(Nc3ccc(C(=O)N4CCN(C)CC4)cc3)n2)n1C1CCCC1. The Morgan fingerprint density at radius 3 is 2.45 bits per heavy atom. The lowest BCUT2D eigenvalue weighted by molar-refractivity contribution is 0.0664. The van der Waals surface area contributed by atoms with Crippen LogP contribution in [0.1, 0.15) is 47.9 Å². The Balaban J connectivity index is 1.30. The van der Waals surface area contributed by atoms with Crippen LogP contribution in [0.4, 0.5) is 11.6 Å². The largest absolute Gasteiger partial charge is 0.336 e. The summed E-state index contributed by atoms with van der Waals surface area (Å²) in [6, 6.07) is 9.99. The molecule has 0 atom stereocenters. The lowest BCUT2D eigenvalue weighted by Gasteiger charge is -2.32. The summed E-state index contributed by atoms with van der Waals surface area (Å²) >= 11 is 0. The van der Waals surface area contributed by atoms with Gasteiger partial charge in [-0.15, -0.1) is 0 Å². The van der Waals surface area contributed by atoms with E-state index in [9.17, 15) is 4.79 Å². The third kappa shape index (κ3) is 4.61. The number of nitrogens with one attached hydrogen (secondary N) is 1. The van der Waals surface area contributed by atoms with Gasteiger partial charge < -0.3 is 19.7 Å². The van der Waals surface area contributed by atoms with Gasteiger partial charge in [0.1, 0.15) is 5.82 Å². The molecule has 2 aliphatic rings. The van der Waals surface area contributed by atoms with Gasteiger partial charge in [-0.05, 0) is 57.1 Å². The zero-order chi connectivity index (χ0) is 22.8. The molecule has 0 radical (unpaired) electrons.